The molecule has 2 aromatic carbocycles. The van der Waals surface area contributed by atoms with Crippen LogP contribution in [0, 0.1) is 0 Å². The van der Waals surface area contributed by atoms with Gasteiger partial charge in [0.05, 0.1) is 0 Å². The van der Waals surface area contributed by atoms with Crippen molar-refractivity contribution in [3.8, 4) is 11.1 Å². The number of nitrogens with zero attached hydrogens (tertiary/aromatic N) is 2. The Morgan fingerprint density at radius 2 is 0.783 bits per heavy atom. The zero-order valence-corrected chi connectivity index (χ0v) is 29.7. The molecule has 0 N–H and O–H groups in total. The Morgan fingerprint density at radius 1 is 0.457 bits per heavy atom. The second-order valence-corrected chi connectivity index (χ2v) is 12.7. The molecule has 0 spiro atoms. The smallest absolute Gasteiger partial charge is 0.306 e. The summed E-state index contributed by atoms with van der Waals surface area (Å²) in [6.07, 6.45) is 14.9. The van der Waals surface area contributed by atoms with Gasteiger partial charge >= 0.3 is 11.9 Å². The van der Waals surface area contributed by atoms with E-state index >= 15 is 0 Å². The van der Waals surface area contributed by atoms with Gasteiger partial charge in [0, 0.05) is 12.8 Å². The first-order valence-corrected chi connectivity index (χ1v) is 18.4. The molecule has 2 aromatic rings. The first kappa shape index (κ1) is 39.5. The summed E-state index contributed by atoms with van der Waals surface area (Å²) in [5.74, 6) is -0.249. The number of ether oxygens (including phenoxy) is 2. The van der Waals surface area contributed by atoms with E-state index in [0.29, 0.717) is 26.1 Å². The molecule has 0 bridgehead atoms. The van der Waals surface area contributed by atoms with Crippen molar-refractivity contribution in [2.75, 3.05) is 39.3 Å². The van der Waals surface area contributed by atoms with Gasteiger partial charge in [0.1, 0.15) is 13.2 Å². The van der Waals surface area contributed by atoms with Crippen LogP contribution < -0.4 is 0 Å². The maximum atomic E-state index is 12.4. The lowest BCUT2D eigenvalue weighted by atomic mass is 10.0. The van der Waals surface area contributed by atoms with E-state index < -0.39 is 0 Å². The molecule has 6 nitrogen and oxygen atoms in total. The Bertz CT molecular complexity index is 968. The molecule has 0 aliphatic heterocycles. The maximum Gasteiger partial charge on any atom is 0.306 e. The zero-order valence-electron chi connectivity index (χ0n) is 29.7. The quantitative estimate of drug-likeness (QED) is 0.0719. The Morgan fingerprint density at radius 3 is 1.13 bits per heavy atom. The zero-order chi connectivity index (χ0) is 33.2. The van der Waals surface area contributed by atoms with E-state index in [1.165, 1.54) is 64.2 Å². The van der Waals surface area contributed by atoms with Crippen LogP contribution in [0.3, 0.4) is 0 Å². The average Bonchev–Trinajstić information content (AvgIpc) is 3.08. The topological polar surface area (TPSA) is 59.1 Å². The fourth-order valence-electron chi connectivity index (χ4n) is 5.56. The minimum Gasteiger partial charge on any atom is -0.461 e. The van der Waals surface area contributed by atoms with E-state index in [0.717, 1.165) is 74.4 Å². The molecule has 6 heteroatoms. The van der Waals surface area contributed by atoms with Gasteiger partial charge in [-0.2, -0.15) is 0 Å². The van der Waals surface area contributed by atoms with Gasteiger partial charge < -0.3 is 19.3 Å². The van der Waals surface area contributed by atoms with Gasteiger partial charge in [-0.25, -0.2) is 0 Å². The van der Waals surface area contributed by atoms with Crippen LogP contribution in [0.5, 0.6) is 0 Å². The highest BCUT2D eigenvalue weighted by molar-refractivity contribution is 5.70. The highest BCUT2D eigenvalue weighted by Crippen LogP contribution is 2.21. The predicted octanol–water partition coefficient (Wildman–Crippen LogP) is 9.59. The average molecular weight is 637 g/mol. The van der Waals surface area contributed by atoms with Crippen LogP contribution in [0.15, 0.2) is 48.5 Å². The number of benzene rings is 2. The van der Waals surface area contributed by atoms with E-state index in [1.807, 2.05) is 24.3 Å². The summed E-state index contributed by atoms with van der Waals surface area (Å²) in [7, 11) is 0. The number of carbonyl (C=O) groups excluding carboxylic acids is 2. The number of hydrogen-bond acceptors (Lipinski definition) is 6. The summed E-state index contributed by atoms with van der Waals surface area (Å²) < 4.78 is 11.1. The molecule has 0 saturated heterocycles. The summed E-state index contributed by atoms with van der Waals surface area (Å²) >= 11 is 0. The van der Waals surface area contributed by atoms with Gasteiger partial charge in [-0.3, -0.25) is 9.59 Å². The van der Waals surface area contributed by atoms with Crippen molar-refractivity contribution in [3.05, 3.63) is 59.7 Å². The third-order valence-corrected chi connectivity index (χ3v) is 8.56. The van der Waals surface area contributed by atoms with Gasteiger partial charge in [0.15, 0.2) is 0 Å². The van der Waals surface area contributed by atoms with Crippen LogP contribution in [-0.2, 0) is 32.3 Å². The molecule has 0 aliphatic rings. The standard InChI is InChI=1S/C40H64N2O4/c1-5-9-13-29-41(27-11-7-3)31-15-17-39(43)45-33-35-19-23-37(24-20-35)38-25-21-36(22-26-38)34-46-40(44)18-16-32-42(28-12-8-4)30-14-10-6-2/h19-26H,5-18,27-34H2,1-4H3. The summed E-state index contributed by atoms with van der Waals surface area (Å²) in [5, 5.41) is 0. The first-order valence-electron chi connectivity index (χ1n) is 18.4. The van der Waals surface area contributed by atoms with Gasteiger partial charge in [-0.05, 0) is 100 Å². The summed E-state index contributed by atoms with van der Waals surface area (Å²) in [6.45, 7) is 16.0. The van der Waals surface area contributed by atoms with Crippen LogP contribution >= 0.6 is 0 Å². The molecule has 0 fully saturated rings. The van der Waals surface area contributed by atoms with Crippen molar-refractivity contribution < 1.29 is 19.1 Å². The Kier molecular flexibility index (Phi) is 21.8. The van der Waals surface area contributed by atoms with Crippen molar-refractivity contribution in [1.82, 2.24) is 9.80 Å². The van der Waals surface area contributed by atoms with E-state index in [1.54, 1.807) is 0 Å². The second kappa shape index (κ2) is 25.4. The molecule has 2 rings (SSSR count). The van der Waals surface area contributed by atoms with E-state index in [9.17, 15) is 9.59 Å². The highest BCUT2D eigenvalue weighted by atomic mass is 16.5. The molecule has 258 valence electrons. The van der Waals surface area contributed by atoms with Crippen LogP contribution in [0.25, 0.3) is 11.1 Å². The minimum absolute atomic E-state index is 0.124. The third kappa shape index (κ3) is 17.9. The van der Waals surface area contributed by atoms with Crippen molar-refractivity contribution >= 4 is 11.9 Å². The molecule has 0 unspecified atom stereocenters. The number of carbonyl (C=O) groups is 2. The van der Waals surface area contributed by atoms with Gasteiger partial charge in [0.25, 0.3) is 0 Å². The van der Waals surface area contributed by atoms with E-state index in [-0.39, 0.29) is 11.9 Å². The summed E-state index contributed by atoms with van der Waals surface area (Å²) in [5.41, 5.74) is 4.17. The van der Waals surface area contributed by atoms with Crippen LogP contribution in [0.1, 0.15) is 129 Å². The van der Waals surface area contributed by atoms with Gasteiger partial charge in [0.2, 0.25) is 0 Å². The van der Waals surface area contributed by atoms with E-state index in [2.05, 4.69) is 61.8 Å². The normalized spacial score (nSPS) is 11.3. The SMILES string of the molecule is CCCCCN(CCCC)CCCC(=O)OCc1ccc(-c2ccc(COC(=O)CCCN(CCCC)CCCCC)cc2)cc1. The van der Waals surface area contributed by atoms with Crippen molar-refractivity contribution in [3.63, 3.8) is 0 Å². The molecule has 0 atom stereocenters. The lowest BCUT2D eigenvalue weighted by Gasteiger charge is -2.21. The van der Waals surface area contributed by atoms with Crippen LogP contribution in [0.2, 0.25) is 0 Å². The third-order valence-electron chi connectivity index (χ3n) is 8.56. The predicted molar refractivity (Wildman–Crippen MR) is 192 cm³/mol. The molecule has 46 heavy (non-hydrogen) atoms. The largest absolute Gasteiger partial charge is 0.461 e. The molecule has 0 amide bonds. The lowest BCUT2D eigenvalue weighted by Crippen LogP contribution is -2.27. The van der Waals surface area contributed by atoms with Crippen molar-refractivity contribution in [1.29, 1.82) is 0 Å². The fourth-order valence-corrected chi connectivity index (χ4v) is 5.56. The molecule has 0 saturated carbocycles. The molecular weight excluding hydrogens is 572 g/mol. The molecule has 0 heterocycles. The number of esters is 2. The molecular formula is C40H64N2O4. The number of hydrogen-bond donors (Lipinski definition) is 0. The second-order valence-electron chi connectivity index (χ2n) is 12.7. The Balaban J connectivity index is 1.69. The minimum atomic E-state index is -0.124. The van der Waals surface area contributed by atoms with Crippen molar-refractivity contribution in [2.45, 2.75) is 131 Å². The van der Waals surface area contributed by atoms with Crippen LogP contribution in [0.4, 0.5) is 0 Å². The molecule has 0 radical (unpaired) electrons. The monoisotopic (exact) mass is 636 g/mol. The Hall–Kier alpha value is -2.70. The van der Waals surface area contributed by atoms with Crippen molar-refractivity contribution in [2.24, 2.45) is 0 Å². The Labute approximate surface area is 281 Å². The highest BCUT2D eigenvalue weighted by Gasteiger charge is 2.10. The summed E-state index contributed by atoms with van der Waals surface area (Å²) in [4.78, 5) is 29.8. The molecule has 0 aliphatic carbocycles. The maximum absolute atomic E-state index is 12.4. The van der Waals surface area contributed by atoms with E-state index in [4.69, 9.17) is 9.47 Å². The lowest BCUT2D eigenvalue weighted by molar-refractivity contribution is -0.146. The van der Waals surface area contributed by atoms with Crippen LogP contribution in [-0.4, -0.2) is 61.0 Å². The molecule has 0 aromatic heterocycles. The summed E-state index contributed by atoms with van der Waals surface area (Å²) in [6, 6.07) is 16.3. The fraction of sp³-hybridized carbons (Fsp3) is 0.650. The number of rotatable bonds is 27. The van der Waals surface area contributed by atoms with Gasteiger partial charge in [-0.1, -0.05) is 115 Å². The van der Waals surface area contributed by atoms with Gasteiger partial charge in [-0.15, -0.1) is 0 Å². The first-order chi connectivity index (χ1) is 22.5. The number of unbranched alkanes of at least 4 members (excludes halogenated alkanes) is 6.